The van der Waals surface area contributed by atoms with Gasteiger partial charge in [-0.05, 0) is 54.8 Å². The Morgan fingerprint density at radius 1 is 1.16 bits per heavy atom. The van der Waals surface area contributed by atoms with E-state index in [1.165, 1.54) is 12.8 Å². The van der Waals surface area contributed by atoms with Crippen molar-refractivity contribution in [2.75, 3.05) is 0 Å². The molecule has 0 amide bonds. The van der Waals surface area contributed by atoms with E-state index < -0.39 is 0 Å². The summed E-state index contributed by atoms with van der Waals surface area (Å²) < 4.78 is 0. The number of ketones is 1. The molecular formula is C18H20O. The van der Waals surface area contributed by atoms with E-state index in [1.54, 1.807) is 0 Å². The number of fused-ring (bicyclic) bond motifs is 11. The van der Waals surface area contributed by atoms with Gasteiger partial charge in [0.2, 0.25) is 0 Å². The highest BCUT2D eigenvalue weighted by Gasteiger charge is 2.72. The minimum atomic E-state index is -0.0561. The summed E-state index contributed by atoms with van der Waals surface area (Å²) >= 11 is 0. The highest BCUT2D eigenvalue weighted by atomic mass is 16.1. The third-order valence-corrected chi connectivity index (χ3v) is 7.01. The van der Waals surface area contributed by atoms with Crippen LogP contribution in [0.5, 0.6) is 0 Å². The number of carbonyl (C=O) groups is 1. The molecule has 0 aliphatic heterocycles. The zero-order chi connectivity index (χ0) is 12.8. The van der Waals surface area contributed by atoms with Crippen LogP contribution in [0.1, 0.15) is 19.3 Å². The highest BCUT2D eigenvalue weighted by Crippen LogP contribution is 2.72. The molecule has 3 saturated carbocycles. The van der Waals surface area contributed by atoms with Crippen LogP contribution in [-0.4, -0.2) is 5.78 Å². The number of allylic oxidation sites excluding steroid dienone is 5. The summed E-state index contributed by atoms with van der Waals surface area (Å²) in [6.07, 6.45) is 14.9. The van der Waals surface area contributed by atoms with Gasteiger partial charge in [0.15, 0.2) is 0 Å². The summed E-state index contributed by atoms with van der Waals surface area (Å²) in [6, 6.07) is 0. The smallest absolute Gasteiger partial charge is 0.144 e. The van der Waals surface area contributed by atoms with Crippen LogP contribution in [0.4, 0.5) is 0 Å². The van der Waals surface area contributed by atoms with Crippen molar-refractivity contribution in [2.45, 2.75) is 19.3 Å². The van der Waals surface area contributed by atoms with Crippen LogP contribution in [0.25, 0.3) is 0 Å². The van der Waals surface area contributed by atoms with E-state index in [-0.39, 0.29) is 5.41 Å². The van der Waals surface area contributed by atoms with Crippen molar-refractivity contribution in [2.24, 2.45) is 46.8 Å². The first kappa shape index (κ1) is 10.7. The molecular weight excluding hydrogens is 232 g/mol. The second-order valence-electron chi connectivity index (χ2n) is 7.37. The zero-order valence-corrected chi connectivity index (χ0v) is 11.2. The Morgan fingerprint density at radius 3 is 2.79 bits per heavy atom. The maximum Gasteiger partial charge on any atom is 0.144 e. The molecule has 1 nitrogen and oxygen atoms in total. The van der Waals surface area contributed by atoms with Crippen molar-refractivity contribution in [1.82, 2.24) is 0 Å². The van der Waals surface area contributed by atoms with E-state index in [4.69, 9.17) is 0 Å². The maximum atomic E-state index is 13.2. The monoisotopic (exact) mass is 252 g/mol. The van der Waals surface area contributed by atoms with E-state index in [0.717, 1.165) is 6.42 Å². The fraction of sp³-hybridized carbons (Fsp3) is 0.611. The lowest BCUT2D eigenvalue weighted by atomic mass is 9.65. The summed E-state index contributed by atoms with van der Waals surface area (Å²) in [5.74, 6) is 4.69. The van der Waals surface area contributed by atoms with Gasteiger partial charge in [-0.25, -0.2) is 0 Å². The predicted octanol–water partition coefficient (Wildman–Crippen LogP) is 3.39. The molecule has 8 atom stereocenters. The molecule has 4 unspecified atom stereocenters. The Hall–Kier alpha value is -1.11. The fourth-order valence-corrected chi connectivity index (χ4v) is 6.64. The molecule has 98 valence electrons. The molecule has 0 radical (unpaired) electrons. The second kappa shape index (κ2) is 3.13. The summed E-state index contributed by atoms with van der Waals surface area (Å²) in [7, 11) is 0. The Kier molecular flexibility index (Phi) is 1.76. The van der Waals surface area contributed by atoms with Crippen LogP contribution in [0.2, 0.25) is 0 Å². The van der Waals surface area contributed by atoms with Crippen molar-refractivity contribution in [3.63, 3.8) is 0 Å². The summed E-state index contributed by atoms with van der Waals surface area (Å²) in [5.41, 5.74) is -0.0561. The Labute approximate surface area is 114 Å². The maximum absolute atomic E-state index is 13.2. The number of carbonyl (C=O) groups excluding carboxylic acids is 1. The van der Waals surface area contributed by atoms with E-state index >= 15 is 0 Å². The molecule has 3 fully saturated rings. The second-order valence-corrected chi connectivity index (χ2v) is 7.37. The van der Waals surface area contributed by atoms with Crippen LogP contribution in [0.3, 0.4) is 0 Å². The molecule has 0 N–H and O–H groups in total. The van der Waals surface area contributed by atoms with Gasteiger partial charge in [-0.15, -0.1) is 6.58 Å². The van der Waals surface area contributed by atoms with Crippen LogP contribution >= 0.6 is 0 Å². The number of rotatable bonds is 2. The normalized spacial score (nSPS) is 58.9. The zero-order valence-electron chi connectivity index (χ0n) is 11.2. The quantitative estimate of drug-likeness (QED) is 0.688. The van der Waals surface area contributed by atoms with Gasteiger partial charge < -0.3 is 0 Å². The van der Waals surface area contributed by atoms with E-state index in [2.05, 4.69) is 30.9 Å². The van der Waals surface area contributed by atoms with Gasteiger partial charge in [0.1, 0.15) is 5.78 Å². The lowest BCUT2D eigenvalue weighted by molar-refractivity contribution is -0.131. The Balaban J connectivity index is 1.70. The van der Waals surface area contributed by atoms with Gasteiger partial charge in [-0.3, -0.25) is 4.79 Å². The molecule has 1 heteroatoms. The van der Waals surface area contributed by atoms with E-state index in [9.17, 15) is 4.79 Å². The van der Waals surface area contributed by atoms with Crippen molar-refractivity contribution >= 4 is 5.78 Å². The highest BCUT2D eigenvalue weighted by molar-refractivity contribution is 5.93. The largest absolute Gasteiger partial charge is 0.299 e. The first-order chi connectivity index (χ1) is 9.27. The first-order valence-electron chi connectivity index (χ1n) is 7.79. The van der Waals surface area contributed by atoms with Gasteiger partial charge in [0, 0.05) is 11.3 Å². The molecule has 0 saturated heterocycles. The van der Waals surface area contributed by atoms with Gasteiger partial charge >= 0.3 is 0 Å². The molecule has 0 spiro atoms. The number of Topliss-reactive ketones (excluding diaryl/α,β-unsaturated/α-hetero) is 1. The molecule has 4 bridgehead atoms. The molecule has 0 heterocycles. The molecule has 0 aromatic heterocycles. The molecule has 5 aliphatic rings. The standard InChI is InChI=1S/C18H20O/c1-2-7-18-13-6-5-12(9-13)16(18)14-10-3-4-11(8-10)15(14)17(18)19/h2-6,10-16H,1,7-9H2/t10?,11?,12?,13?,14-,15+,16+,18+/m0/s1. The van der Waals surface area contributed by atoms with Crippen LogP contribution in [0.15, 0.2) is 37.0 Å². The van der Waals surface area contributed by atoms with Crippen LogP contribution in [0, 0.1) is 46.8 Å². The van der Waals surface area contributed by atoms with Gasteiger partial charge in [-0.1, -0.05) is 30.4 Å². The van der Waals surface area contributed by atoms with E-state index in [1.807, 2.05) is 6.08 Å². The van der Waals surface area contributed by atoms with Crippen molar-refractivity contribution in [1.29, 1.82) is 0 Å². The average molecular weight is 252 g/mol. The summed E-state index contributed by atoms with van der Waals surface area (Å²) in [4.78, 5) is 13.2. The Bertz CT molecular complexity index is 542. The third kappa shape index (κ3) is 0.947. The Morgan fingerprint density at radius 2 is 1.95 bits per heavy atom. The van der Waals surface area contributed by atoms with Crippen molar-refractivity contribution in [3.8, 4) is 0 Å². The number of hydrogen-bond acceptors (Lipinski definition) is 1. The van der Waals surface area contributed by atoms with Crippen molar-refractivity contribution < 1.29 is 4.79 Å². The average Bonchev–Trinajstić information content (AvgIpc) is 3.15. The lowest BCUT2D eigenvalue weighted by Crippen LogP contribution is -2.38. The molecule has 0 aromatic carbocycles. The minimum absolute atomic E-state index is 0.0561. The van der Waals surface area contributed by atoms with E-state index in [0.29, 0.717) is 47.2 Å². The van der Waals surface area contributed by atoms with Gasteiger partial charge in [0.05, 0.1) is 0 Å². The summed E-state index contributed by atoms with van der Waals surface area (Å²) in [6.45, 7) is 3.95. The minimum Gasteiger partial charge on any atom is -0.299 e. The molecule has 0 aromatic rings. The molecule has 5 aliphatic carbocycles. The van der Waals surface area contributed by atoms with Crippen molar-refractivity contribution in [3.05, 3.63) is 37.0 Å². The number of hydrogen-bond donors (Lipinski definition) is 0. The van der Waals surface area contributed by atoms with Gasteiger partial charge in [0.25, 0.3) is 0 Å². The molecule has 19 heavy (non-hydrogen) atoms. The molecule has 5 rings (SSSR count). The van der Waals surface area contributed by atoms with Crippen LogP contribution < -0.4 is 0 Å². The van der Waals surface area contributed by atoms with Crippen LogP contribution in [-0.2, 0) is 4.79 Å². The summed E-state index contributed by atoms with van der Waals surface area (Å²) in [5, 5.41) is 0. The first-order valence-corrected chi connectivity index (χ1v) is 7.79. The topological polar surface area (TPSA) is 17.1 Å². The predicted molar refractivity (Wildman–Crippen MR) is 74.2 cm³/mol. The van der Waals surface area contributed by atoms with Gasteiger partial charge in [-0.2, -0.15) is 0 Å². The SMILES string of the molecule is C=CC[C@]12C(=O)[C@@H]3C4C=CC(C4)[C@@H]3[C@H]1C1C=CC2C1. The lowest BCUT2D eigenvalue weighted by Gasteiger charge is -2.37. The third-order valence-electron chi connectivity index (χ3n) is 7.01. The fourth-order valence-electron chi connectivity index (χ4n) is 6.64.